The molecular weight excluding hydrogens is 385 g/mol. The highest BCUT2D eigenvalue weighted by Crippen LogP contribution is 2.30. The number of hydrogen-bond donors (Lipinski definition) is 0. The summed E-state index contributed by atoms with van der Waals surface area (Å²) in [5.41, 5.74) is 1.26. The van der Waals surface area contributed by atoms with Gasteiger partial charge in [0.2, 0.25) is 0 Å². The zero-order valence-electron chi connectivity index (χ0n) is 12.1. The molecule has 6 heteroatoms. The molecule has 0 aliphatic heterocycles. The lowest BCUT2D eigenvalue weighted by Crippen LogP contribution is -2.08. The molecule has 118 valence electrons. The van der Waals surface area contributed by atoms with Crippen LogP contribution in [0.25, 0.3) is 10.9 Å². The summed E-state index contributed by atoms with van der Waals surface area (Å²) in [6.07, 6.45) is 1.86. The molecule has 2 aromatic carbocycles. The van der Waals surface area contributed by atoms with Gasteiger partial charge in [0.05, 0.1) is 24.7 Å². The summed E-state index contributed by atoms with van der Waals surface area (Å²) in [6.45, 7) is 0.292. The van der Waals surface area contributed by atoms with Gasteiger partial charge in [-0.3, -0.25) is 0 Å². The van der Waals surface area contributed by atoms with E-state index in [0.717, 1.165) is 15.4 Å². The van der Waals surface area contributed by atoms with Gasteiger partial charge in [-0.25, -0.2) is 9.18 Å². The first kappa shape index (κ1) is 16.0. The highest BCUT2D eigenvalue weighted by molar-refractivity contribution is 9.10. The van der Waals surface area contributed by atoms with Crippen molar-refractivity contribution in [3.05, 3.63) is 69.0 Å². The van der Waals surface area contributed by atoms with Gasteiger partial charge in [-0.05, 0) is 40.2 Å². The quantitative estimate of drug-likeness (QED) is 0.581. The summed E-state index contributed by atoms with van der Waals surface area (Å²) >= 11 is 9.52. The minimum atomic E-state index is -0.685. The average Bonchev–Trinajstić information content (AvgIpc) is 2.91. The van der Waals surface area contributed by atoms with E-state index >= 15 is 0 Å². The molecule has 1 heterocycles. The van der Waals surface area contributed by atoms with Gasteiger partial charge < -0.3 is 9.30 Å². The predicted molar refractivity (Wildman–Crippen MR) is 91.5 cm³/mol. The van der Waals surface area contributed by atoms with Crippen molar-refractivity contribution in [3.63, 3.8) is 0 Å². The Balaban J connectivity index is 2.05. The predicted octanol–water partition coefficient (Wildman–Crippen LogP) is 5.03. The number of benzene rings is 2. The van der Waals surface area contributed by atoms with Crippen molar-refractivity contribution in [1.29, 1.82) is 0 Å². The summed E-state index contributed by atoms with van der Waals surface area (Å²) in [6, 6.07) is 10.3. The third-order valence-corrected chi connectivity index (χ3v) is 4.43. The van der Waals surface area contributed by atoms with Gasteiger partial charge in [0.25, 0.3) is 0 Å². The van der Waals surface area contributed by atoms with Crippen LogP contribution in [0.1, 0.15) is 15.9 Å². The minimum absolute atomic E-state index is 0.0661. The third kappa shape index (κ3) is 2.99. The molecule has 0 saturated heterocycles. The van der Waals surface area contributed by atoms with E-state index < -0.39 is 11.8 Å². The molecule has 0 saturated carbocycles. The fourth-order valence-corrected chi connectivity index (χ4v) is 3.61. The zero-order chi connectivity index (χ0) is 16.6. The number of methoxy groups -OCH3 is 1. The molecule has 0 N–H and O–H groups in total. The van der Waals surface area contributed by atoms with Crippen molar-refractivity contribution < 1.29 is 13.9 Å². The molecule has 0 spiro atoms. The van der Waals surface area contributed by atoms with Gasteiger partial charge in [0, 0.05) is 26.6 Å². The number of nitrogens with zero attached hydrogens (tertiary/aromatic N) is 1. The molecule has 0 atom stereocenters. The standard InChI is InChI=1S/C17H12BrClFNO2/c1-23-17(22)13-4-2-3-11(15(13)20)9-21-6-5-10-7-12(19)8-14(18)16(10)21/h2-8H,9H2,1H3. The SMILES string of the molecule is COC(=O)c1cccc(Cn2ccc3cc(Cl)cc(Br)c32)c1F. The van der Waals surface area contributed by atoms with E-state index in [-0.39, 0.29) is 5.56 Å². The number of carbonyl (C=O) groups is 1. The number of hydrogen-bond acceptors (Lipinski definition) is 2. The molecule has 0 unspecified atom stereocenters. The van der Waals surface area contributed by atoms with Crippen LogP contribution in [0.15, 0.2) is 47.1 Å². The largest absolute Gasteiger partial charge is 0.465 e. The van der Waals surface area contributed by atoms with E-state index in [2.05, 4.69) is 20.7 Å². The molecule has 23 heavy (non-hydrogen) atoms. The van der Waals surface area contributed by atoms with Crippen LogP contribution in [0, 0.1) is 5.82 Å². The number of carbonyl (C=O) groups excluding carboxylic acids is 1. The molecule has 0 aliphatic rings. The molecular formula is C17H12BrClFNO2. The van der Waals surface area contributed by atoms with Crippen LogP contribution < -0.4 is 0 Å². The van der Waals surface area contributed by atoms with E-state index in [1.54, 1.807) is 18.2 Å². The molecule has 3 nitrogen and oxygen atoms in total. The van der Waals surface area contributed by atoms with Crippen molar-refractivity contribution in [1.82, 2.24) is 4.57 Å². The van der Waals surface area contributed by atoms with E-state index in [1.165, 1.54) is 13.2 Å². The van der Waals surface area contributed by atoms with E-state index in [0.29, 0.717) is 17.1 Å². The molecule has 0 bridgehead atoms. The van der Waals surface area contributed by atoms with Crippen LogP contribution in [-0.2, 0) is 11.3 Å². The first-order valence-electron chi connectivity index (χ1n) is 6.81. The van der Waals surface area contributed by atoms with Crippen LogP contribution in [0.3, 0.4) is 0 Å². The Kier molecular flexibility index (Phi) is 4.41. The highest BCUT2D eigenvalue weighted by Gasteiger charge is 2.16. The second-order valence-electron chi connectivity index (χ2n) is 5.04. The normalized spacial score (nSPS) is 11.0. The molecule has 1 aromatic heterocycles. The lowest BCUT2D eigenvalue weighted by atomic mass is 10.1. The number of aromatic nitrogens is 1. The highest BCUT2D eigenvalue weighted by atomic mass is 79.9. The Bertz CT molecular complexity index is 907. The first-order chi connectivity index (χ1) is 11.0. The molecule has 0 fully saturated rings. The summed E-state index contributed by atoms with van der Waals surface area (Å²) in [7, 11) is 1.23. The molecule has 3 aromatic rings. The zero-order valence-corrected chi connectivity index (χ0v) is 14.5. The number of rotatable bonds is 3. The molecule has 0 aliphatic carbocycles. The van der Waals surface area contributed by atoms with Crippen LogP contribution in [0.2, 0.25) is 5.02 Å². The number of ether oxygens (including phenoxy) is 1. The van der Waals surface area contributed by atoms with Gasteiger partial charge in [-0.15, -0.1) is 0 Å². The van der Waals surface area contributed by atoms with Gasteiger partial charge in [0.15, 0.2) is 0 Å². The molecule has 0 radical (unpaired) electrons. The maximum atomic E-state index is 14.5. The Morgan fingerprint density at radius 3 is 2.87 bits per heavy atom. The lowest BCUT2D eigenvalue weighted by molar-refractivity contribution is 0.0595. The Morgan fingerprint density at radius 1 is 1.35 bits per heavy atom. The van der Waals surface area contributed by atoms with Crippen LogP contribution in [0.5, 0.6) is 0 Å². The van der Waals surface area contributed by atoms with Crippen molar-refractivity contribution in [3.8, 4) is 0 Å². The maximum Gasteiger partial charge on any atom is 0.340 e. The summed E-state index contributed by atoms with van der Waals surface area (Å²) < 4.78 is 21.8. The van der Waals surface area contributed by atoms with Gasteiger partial charge >= 0.3 is 5.97 Å². The van der Waals surface area contributed by atoms with Crippen molar-refractivity contribution in [2.45, 2.75) is 6.54 Å². The number of fused-ring (bicyclic) bond motifs is 1. The topological polar surface area (TPSA) is 31.2 Å². The third-order valence-electron chi connectivity index (χ3n) is 3.60. The van der Waals surface area contributed by atoms with Crippen LogP contribution in [0.4, 0.5) is 4.39 Å². The second-order valence-corrected chi connectivity index (χ2v) is 6.33. The van der Waals surface area contributed by atoms with Gasteiger partial charge in [-0.1, -0.05) is 23.7 Å². The van der Waals surface area contributed by atoms with Crippen molar-refractivity contribution >= 4 is 44.4 Å². The van der Waals surface area contributed by atoms with Gasteiger partial charge in [0.1, 0.15) is 5.82 Å². The van der Waals surface area contributed by atoms with E-state index in [1.807, 2.05) is 22.9 Å². The van der Waals surface area contributed by atoms with Crippen LogP contribution >= 0.6 is 27.5 Å². The van der Waals surface area contributed by atoms with E-state index in [4.69, 9.17) is 11.6 Å². The van der Waals surface area contributed by atoms with Crippen molar-refractivity contribution in [2.24, 2.45) is 0 Å². The second kappa shape index (κ2) is 6.34. The summed E-state index contributed by atoms with van der Waals surface area (Å²) in [5, 5.41) is 1.58. The smallest absolute Gasteiger partial charge is 0.340 e. The van der Waals surface area contributed by atoms with Crippen LogP contribution in [-0.4, -0.2) is 17.6 Å². The lowest BCUT2D eigenvalue weighted by Gasteiger charge is -2.10. The first-order valence-corrected chi connectivity index (χ1v) is 7.98. The summed E-state index contributed by atoms with van der Waals surface area (Å²) in [4.78, 5) is 11.6. The van der Waals surface area contributed by atoms with Crippen molar-refractivity contribution in [2.75, 3.05) is 7.11 Å². The molecule has 3 rings (SSSR count). The molecule has 0 amide bonds. The average molecular weight is 397 g/mol. The maximum absolute atomic E-state index is 14.5. The monoisotopic (exact) mass is 395 g/mol. The Morgan fingerprint density at radius 2 is 2.13 bits per heavy atom. The number of halogens is 3. The van der Waals surface area contributed by atoms with E-state index in [9.17, 15) is 9.18 Å². The Labute approximate surface area is 145 Å². The fraction of sp³-hybridized carbons (Fsp3) is 0.118. The minimum Gasteiger partial charge on any atom is -0.465 e. The Hall–Kier alpha value is -1.85. The fourth-order valence-electron chi connectivity index (χ4n) is 2.55. The number of esters is 1. The van der Waals surface area contributed by atoms with Gasteiger partial charge in [-0.2, -0.15) is 0 Å². The summed E-state index contributed by atoms with van der Waals surface area (Å²) in [5.74, 6) is -1.25.